The zero-order valence-corrected chi connectivity index (χ0v) is 15.9. The fraction of sp³-hybridized carbons (Fsp3) is 0.130. The first kappa shape index (κ1) is 18.6. The lowest BCUT2D eigenvalue weighted by atomic mass is 10.2. The standard InChI is InChI=1S/C23H20N2O4/c1-16-20(25-23(29-16)21-11-6-12-27-21)15-28-19-10-5-9-18(13-19)22(26)24-14-17-7-3-2-4-8-17/h2-13H,14-15H2,1H3,(H,24,26). The van der Waals surface area contributed by atoms with Crippen LogP contribution in [0.3, 0.4) is 0 Å². The third-order valence-corrected chi connectivity index (χ3v) is 4.39. The Balaban J connectivity index is 1.38. The molecule has 0 atom stereocenters. The zero-order chi connectivity index (χ0) is 20.1. The van der Waals surface area contributed by atoms with Gasteiger partial charge in [-0.15, -0.1) is 0 Å². The van der Waals surface area contributed by atoms with Gasteiger partial charge in [0.05, 0.1) is 6.26 Å². The van der Waals surface area contributed by atoms with Gasteiger partial charge in [-0.2, -0.15) is 0 Å². The highest BCUT2D eigenvalue weighted by atomic mass is 16.5. The molecule has 146 valence electrons. The number of carbonyl (C=O) groups is 1. The number of hydrogen-bond donors (Lipinski definition) is 1. The van der Waals surface area contributed by atoms with Crippen LogP contribution in [0, 0.1) is 6.92 Å². The van der Waals surface area contributed by atoms with Crippen LogP contribution < -0.4 is 10.1 Å². The van der Waals surface area contributed by atoms with Crippen LogP contribution in [-0.4, -0.2) is 10.9 Å². The Hall–Kier alpha value is -3.80. The Bertz CT molecular complexity index is 1090. The number of aromatic nitrogens is 1. The van der Waals surface area contributed by atoms with E-state index in [0.717, 1.165) is 5.56 Å². The van der Waals surface area contributed by atoms with Gasteiger partial charge in [0.15, 0.2) is 5.76 Å². The highest BCUT2D eigenvalue weighted by Gasteiger charge is 2.14. The predicted molar refractivity (Wildman–Crippen MR) is 107 cm³/mol. The van der Waals surface area contributed by atoms with Gasteiger partial charge in [-0.1, -0.05) is 36.4 Å². The fourth-order valence-corrected chi connectivity index (χ4v) is 2.83. The number of oxazole rings is 1. The smallest absolute Gasteiger partial charge is 0.263 e. The van der Waals surface area contributed by atoms with Crippen LogP contribution in [0.2, 0.25) is 0 Å². The summed E-state index contributed by atoms with van der Waals surface area (Å²) in [7, 11) is 0. The van der Waals surface area contributed by atoms with E-state index in [1.165, 1.54) is 0 Å². The van der Waals surface area contributed by atoms with E-state index in [9.17, 15) is 4.79 Å². The normalized spacial score (nSPS) is 10.7. The van der Waals surface area contributed by atoms with Gasteiger partial charge in [0.2, 0.25) is 0 Å². The first-order valence-electron chi connectivity index (χ1n) is 9.24. The first-order chi connectivity index (χ1) is 14.2. The number of amides is 1. The molecular formula is C23H20N2O4. The Morgan fingerprint density at radius 2 is 1.93 bits per heavy atom. The van der Waals surface area contributed by atoms with Crippen molar-refractivity contribution in [3.05, 3.63) is 95.6 Å². The van der Waals surface area contributed by atoms with Gasteiger partial charge in [-0.25, -0.2) is 4.98 Å². The number of hydrogen-bond acceptors (Lipinski definition) is 5. The lowest BCUT2D eigenvalue weighted by Gasteiger charge is -2.08. The Kier molecular flexibility index (Phi) is 5.42. The van der Waals surface area contributed by atoms with Gasteiger partial charge in [0.1, 0.15) is 23.8 Å². The van der Waals surface area contributed by atoms with Crippen molar-refractivity contribution in [3.63, 3.8) is 0 Å². The molecule has 0 bridgehead atoms. The van der Waals surface area contributed by atoms with Crippen LogP contribution in [0.1, 0.15) is 27.4 Å². The first-order valence-corrected chi connectivity index (χ1v) is 9.24. The summed E-state index contributed by atoms with van der Waals surface area (Å²) in [4.78, 5) is 16.9. The molecule has 0 unspecified atom stereocenters. The number of rotatable bonds is 7. The summed E-state index contributed by atoms with van der Waals surface area (Å²) >= 11 is 0. The Morgan fingerprint density at radius 1 is 1.07 bits per heavy atom. The van der Waals surface area contributed by atoms with Gasteiger partial charge in [-0.05, 0) is 42.8 Å². The van der Waals surface area contributed by atoms with E-state index in [2.05, 4.69) is 10.3 Å². The molecule has 2 aromatic heterocycles. The molecule has 0 saturated carbocycles. The van der Waals surface area contributed by atoms with Crippen molar-refractivity contribution in [2.45, 2.75) is 20.1 Å². The van der Waals surface area contributed by atoms with Gasteiger partial charge in [0, 0.05) is 12.1 Å². The molecule has 0 fully saturated rings. The molecule has 0 aliphatic carbocycles. The quantitative estimate of drug-likeness (QED) is 0.494. The van der Waals surface area contributed by atoms with Crippen LogP contribution in [-0.2, 0) is 13.2 Å². The van der Waals surface area contributed by atoms with Crippen LogP contribution in [0.15, 0.2) is 81.8 Å². The molecule has 4 rings (SSSR count). The van der Waals surface area contributed by atoms with Crippen molar-refractivity contribution < 1.29 is 18.4 Å². The van der Waals surface area contributed by atoms with E-state index in [1.54, 1.807) is 42.7 Å². The molecule has 0 spiro atoms. The molecule has 6 heteroatoms. The third kappa shape index (κ3) is 4.55. The molecule has 0 aliphatic heterocycles. The van der Waals surface area contributed by atoms with Crippen molar-refractivity contribution in [1.29, 1.82) is 0 Å². The van der Waals surface area contributed by atoms with Gasteiger partial charge < -0.3 is 18.9 Å². The van der Waals surface area contributed by atoms with Gasteiger partial charge in [0.25, 0.3) is 11.8 Å². The highest BCUT2D eigenvalue weighted by Crippen LogP contribution is 2.23. The lowest BCUT2D eigenvalue weighted by molar-refractivity contribution is 0.0950. The van der Waals surface area contributed by atoms with E-state index in [4.69, 9.17) is 13.6 Å². The van der Waals surface area contributed by atoms with Crippen molar-refractivity contribution >= 4 is 5.91 Å². The maximum atomic E-state index is 12.4. The summed E-state index contributed by atoms with van der Waals surface area (Å²) in [5, 5.41) is 2.91. The molecule has 2 heterocycles. The number of ether oxygens (including phenoxy) is 1. The maximum Gasteiger partial charge on any atom is 0.263 e. The number of nitrogens with one attached hydrogen (secondary N) is 1. The van der Waals surface area contributed by atoms with E-state index in [1.807, 2.05) is 37.3 Å². The number of aryl methyl sites for hydroxylation is 1. The summed E-state index contributed by atoms with van der Waals surface area (Å²) < 4.78 is 16.8. The second kappa shape index (κ2) is 8.48. The topological polar surface area (TPSA) is 77.5 Å². The minimum absolute atomic E-state index is 0.156. The monoisotopic (exact) mass is 388 g/mol. The molecule has 0 aliphatic rings. The SMILES string of the molecule is Cc1oc(-c2ccco2)nc1COc1cccc(C(=O)NCc2ccccc2)c1. The van der Waals surface area contributed by atoms with Gasteiger partial charge >= 0.3 is 0 Å². The largest absolute Gasteiger partial charge is 0.487 e. The van der Waals surface area contributed by atoms with Crippen LogP contribution in [0.5, 0.6) is 5.75 Å². The lowest BCUT2D eigenvalue weighted by Crippen LogP contribution is -2.22. The minimum Gasteiger partial charge on any atom is -0.487 e. The summed E-state index contributed by atoms with van der Waals surface area (Å²) in [6.07, 6.45) is 1.57. The van der Waals surface area contributed by atoms with E-state index in [-0.39, 0.29) is 12.5 Å². The van der Waals surface area contributed by atoms with E-state index in [0.29, 0.717) is 41.0 Å². The number of nitrogens with zero attached hydrogens (tertiary/aromatic N) is 1. The summed E-state index contributed by atoms with van der Waals surface area (Å²) in [6, 6.07) is 20.4. The highest BCUT2D eigenvalue weighted by molar-refractivity contribution is 5.94. The summed E-state index contributed by atoms with van der Waals surface area (Å²) in [6.45, 7) is 2.52. The van der Waals surface area contributed by atoms with Crippen molar-refractivity contribution in [2.75, 3.05) is 0 Å². The molecule has 4 aromatic rings. The number of furan rings is 1. The fourth-order valence-electron chi connectivity index (χ4n) is 2.83. The number of carbonyl (C=O) groups excluding carboxylic acids is 1. The number of benzene rings is 2. The average Bonchev–Trinajstić information content (AvgIpc) is 3.41. The molecule has 0 radical (unpaired) electrons. The van der Waals surface area contributed by atoms with E-state index >= 15 is 0 Å². The third-order valence-electron chi connectivity index (χ3n) is 4.39. The molecule has 2 aromatic carbocycles. The van der Waals surface area contributed by atoms with Crippen molar-refractivity contribution in [1.82, 2.24) is 10.3 Å². The Morgan fingerprint density at radius 3 is 2.72 bits per heavy atom. The predicted octanol–water partition coefficient (Wildman–Crippen LogP) is 4.75. The minimum atomic E-state index is -0.156. The summed E-state index contributed by atoms with van der Waals surface area (Å²) in [5.74, 6) is 2.07. The average molecular weight is 388 g/mol. The second-order valence-corrected chi connectivity index (χ2v) is 6.48. The molecular weight excluding hydrogens is 368 g/mol. The van der Waals surface area contributed by atoms with Crippen molar-refractivity contribution in [3.8, 4) is 17.4 Å². The van der Waals surface area contributed by atoms with Crippen LogP contribution in [0.25, 0.3) is 11.7 Å². The van der Waals surface area contributed by atoms with Crippen molar-refractivity contribution in [2.24, 2.45) is 0 Å². The van der Waals surface area contributed by atoms with Crippen LogP contribution >= 0.6 is 0 Å². The molecule has 0 saturated heterocycles. The summed E-state index contributed by atoms with van der Waals surface area (Å²) in [5.41, 5.74) is 2.25. The molecule has 6 nitrogen and oxygen atoms in total. The zero-order valence-electron chi connectivity index (χ0n) is 15.9. The Labute approximate surface area is 168 Å². The maximum absolute atomic E-state index is 12.4. The molecule has 1 N–H and O–H groups in total. The second-order valence-electron chi connectivity index (χ2n) is 6.48. The molecule has 29 heavy (non-hydrogen) atoms. The van der Waals surface area contributed by atoms with Gasteiger partial charge in [-0.3, -0.25) is 4.79 Å². The molecule has 1 amide bonds. The van der Waals surface area contributed by atoms with E-state index < -0.39 is 0 Å². The van der Waals surface area contributed by atoms with Crippen LogP contribution in [0.4, 0.5) is 0 Å².